The molecule has 2 aromatic rings. The van der Waals surface area contributed by atoms with E-state index in [0.717, 1.165) is 11.9 Å². The second-order valence-corrected chi connectivity index (χ2v) is 7.31. The van der Waals surface area contributed by atoms with E-state index in [9.17, 15) is 0 Å². The summed E-state index contributed by atoms with van der Waals surface area (Å²) in [6.45, 7) is 3.46. The molecule has 1 aromatic carbocycles. The Bertz CT molecular complexity index is 1130. The number of aromatic nitrogens is 1. The summed E-state index contributed by atoms with van der Waals surface area (Å²) in [6, 6.07) is 6.66. The molecule has 0 bridgehead atoms. The number of aliphatic imine (C=N–C) groups is 3. The third-order valence-electron chi connectivity index (χ3n) is 4.17. The first kappa shape index (κ1) is 26.0. The molecule has 0 aliphatic carbocycles. The zero-order chi connectivity index (χ0) is 24.4. The minimum absolute atomic E-state index is 0.242. The molecule has 2 heterocycles. The predicted molar refractivity (Wildman–Crippen MR) is 135 cm³/mol. The second-order valence-electron chi connectivity index (χ2n) is 6.03. The third-order valence-corrected chi connectivity index (χ3v) is 5.21. The first-order chi connectivity index (χ1) is 16.0. The molecule has 3 N–H and O–H groups in total. The van der Waals surface area contributed by atoms with Gasteiger partial charge in [0, 0.05) is 36.2 Å². The highest BCUT2D eigenvalue weighted by molar-refractivity contribution is 8.00. The predicted octanol–water partition coefficient (Wildman–Crippen LogP) is 4.63. The third kappa shape index (κ3) is 6.19. The maximum atomic E-state index is 15.4. The molecule has 174 valence electrons. The lowest BCUT2D eigenvalue weighted by Crippen LogP contribution is -2.16. The van der Waals surface area contributed by atoms with E-state index in [1.807, 2.05) is 0 Å². The molecule has 0 fully saturated rings. The Labute approximate surface area is 201 Å². The van der Waals surface area contributed by atoms with Crippen LogP contribution in [-0.2, 0) is 4.74 Å². The van der Waals surface area contributed by atoms with Crippen molar-refractivity contribution in [2.45, 2.75) is 4.90 Å². The van der Waals surface area contributed by atoms with Crippen molar-refractivity contribution < 1.29 is 13.9 Å². The summed E-state index contributed by atoms with van der Waals surface area (Å²) in [5, 5.41) is 0.441. The van der Waals surface area contributed by atoms with Gasteiger partial charge in [0.2, 0.25) is 11.8 Å². The lowest BCUT2D eigenvalue weighted by atomic mass is 9.99. The zero-order valence-corrected chi connectivity index (χ0v) is 20.2. The fourth-order valence-corrected chi connectivity index (χ4v) is 3.80. The Hall–Kier alpha value is -3.21. The van der Waals surface area contributed by atoms with Crippen LogP contribution >= 0.6 is 23.5 Å². The fourth-order valence-electron chi connectivity index (χ4n) is 2.79. The standard InChI is InChI=1S/C21H19ClFN5O2S.CH5N/c1-24-10-12-8-15(20(29-3)27-19(12)25-2)14-6-5-7-16(18(14)23)28-31-17-9-13(22)11-26-21(17)30-4;1-2/h5-11,28H,1H2,2-4H3;2H2,1H3/b12-10-,25-19?;. The number of pyridine rings is 1. The molecule has 0 amide bonds. The normalized spacial score (nSPS) is 15.2. The van der Waals surface area contributed by atoms with Crippen LogP contribution < -0.4 is 15.2 Å². The summed E-state index contributed by atoms with van der Waals surface area (Å²) in [6.07, 6.45) is 4.69. The van der Waals surface area contributed by atoms with Crippen molar-refractivity contribution in [3.8, 4) is 5.88 Å². The Morgan fingerprint density at radius 3 is 2.67 bits per heavy atom. The van der Waals surface area contributed by atoms with Gasteiger partial charge in [0.1, 0.15) is 0 Å². The number of nitrogens with two attached hydrogens (primary N) is 1. The average Bonchev–Trinajstić information content (AvgIpc) is 2.84. The lowest BCUT2D eigenvalue weighted by Gasteiger charge is -2.18. The van der Waals surface area contributed by atoms with Gasteiger partial charge in [-0.05, 0) is 43.9 Å². The Morgan fingerprint density at radius 1 is 1.27 bits per heavy atom. The van der Waals surface area contributed by atoms with Crippen LogP contribution in [0.5, 0.6) is 5.88 Å². The SMILES string of the molecule is C=N/C=C1/C=C(c2cccc(NSc3cc(Cl)cnc3OC)c2F)C(OC)=NC1=NC.CN. The number of benzene rings is 1. The molecule has 0 atom stereocenters. The molecule has 1 aromatic heterocycles. The average molecular weight is 491 g/mol. The highest BCUT2D eigenvalue weighted by atomic mass is 35.5. The van der Waals surface area contributed by atoms with Crippen LogP contribution in [0.3, 0.4) is 0 Å². The molecule has 0 radical (unpaired) electrons. The maximum Gasteiger partial charge on any atom is 0.228 e. The first-order valence-corrected chi connectivity index (χ1v) is 10.7. The summed E-state index contributed by atoms with van der Waals surface area (Å²) < 4.78 is 29.0. The zero-order valence-electron chi connectivity index (χ0n) is 18.6. The Morgan fingerprint density at radius 2 is 2.03 bits per heavy atom. The van der Waals surface area contributed by atoms with E-state index < -0.39 is 5.82 Å². The summed E-state index contributed by atoms with van der Waals surface area (Å²) in [7, 11) is 6.07. The Kier molecular flexibility index (Phi) is 10.0. The van der Waals surface area contributed by atoms with Gasteiger partial charge in [0.15, 0.2) is 11.7 Å². The number of halogens is 2. The summed E-state index contributed by atoms with van der Waals surface area (Å²) in [4.78, 5) is 17.0. The van der Waals surface area contributed by atoms with E-state index in [2.05, 4.69) is 37.1 Å². The maximum absolute atomic E-state index is 15.4. The van der Waals surface area contributed by atoms with Crippen molar-refractivity contribution in [2.24, 2.45) is 20.7 Å². The van der Waals surface area contributed by atoms with Crippen LogP contribution in [0, 0.1) is 5.82 Å². The molecule has 8 nitrogen and oxygen atoms in total. The molecule has 33 heavy (non-hydrogen) atoms. The van der Waals surface area contributed by atoms with E-state index in [0.29, 0.717) is 38.3 Å². The molecule has 0 unspecified atom stereocenters. The Balaban J connectivity index is 0.00000187. The van der Waals surface area contributed by atoms with Gasteiger partial charge in [-0.15, -0.1) is 0 Å². The number of ether oxygens (including phenoxy) is 2. The van der Waals surface area contributed by atoms with Crippen LogP contribution in [0.1, 0.15) is 5.56 Å². The molecule has 1 aliphatic heterocycles. The van der Waals surface area contributed by atoms with Crippen LogP contribution in [0.25, 0.3) is 5.57 Å². The molecule has 0 saturated carbocycles. The van der Waals surface area contributed by atoms with Crippen LogP contribution in [0.15, 0.2) is 68.2 Å². The fraction of sp³-hybridized carbons (Fsp3) is 0.182. The second kappa shape index (κ2) is 12.7. The van der Waals surface area contributed by atoms with Gasteiger partial charge >= 0.3 is 0 Å². The smallest absolute Gasteiger partial charge is 0.228 e. The molecular formula is C22H24ClFN6O2S. The van der Waals surface area contributed by atoms with Gasteiger partial charge in [0.25, 0.3) is 0 Å². The molecular weight excluding hydrogens is 467 g/mol. The minimum atomic E-state index is -0.484. The number of nitrogens with zero attached hydrogens (tertiary/aromatic N) is 4. The van der Waals surface area contributed by atoms with Crippen molar-refractivity contribution >= 4 is 53.3 Å². The van der Waals surface area contributed by atoms with E-state index in [4.69, 9.17) is 21.1 Å². The largest absolute Gasteiger partial charge is 0.480 e. The van der Waals surface area contributed by atoms with Crippen molar-refractivity contribution in [2.75, 3.05) is 33.0 Å². The minimum Gasteiger partial charge on any atom is -0.480 e. The number of nitrogens with one attached hydrogen (secondary N) is 1. The van der Waals surface area contributed by atoms with Crippen molar-refractivity contribution in [3.63, 3.8) is 0 Å². The highest BCUT2D eigenvalue weighted by Crippen LogP contribution is 2.34. The van der Waals surface area contributed by atoms with Crippen LogP contribution in [0.4, 0.5) is 10.1 Å². The van der Waals surface area contributed by atoms with Gasteiger partial charge in [-0.25, -0.2) is 9.37 Å². The molecule has 1 aliphatic rings. The van der Waals surface area contributed by atoms with Gasteiger partial charge < -0.3 is 19.9 Å². The van der Waals surface area contributed by atoms with Crippen molar-refractivity contribution in [1.29, 1.82) is 0 Å². The highest BCUT2D eigenvalue weighted by Gasteiger charge is 2.23. The first-order valence-electron chi connectivity index (χ1n) is 9.49. The summed E-state index contributed by atoms with van der Waals surface area (Å²) in [5.41, 5.74) is 6.10. The van der Waals surface area contributed by atoms with Gasteiger partial charge in [-0.2, -0.15) is 4.99 Å². The number of amidine groups is 1. The van der Waals surface area contributed by atoms with Crippen LogP contribution in [0.2, 0.25) is 5.02 Å². The van der Waals surface area contributed by atoms with Gasteiger partial charge in [-0.1, -0.05) is 23.7 Å². The van der Waals surface area contributed by atoms with Crippen molar-refractivity contribution in [1.82, 2.24) is 4.98 Å². The topological polar surface area (TPSA) is 106 Å². The molecule has 0 saturated heterocycles. The number of dihydropyridines is 1. The van der Waals surface area contributed by atoms with Crippen LogP contribution in [-0.4, -0.2) is 51.7 Å². The van der Waals surface area contributed by atoms with Gasteiger partial charge in [-0.3, -0.25) is 9.98 Å². The number of hydrogen-bond donors (Lipinski definition) is 2. The molecule has 11 heteroatoms. The lowest BCUT2D eigenvalue weighted by molar-refractivity contribution is 0.387. The van der Waals surface area contributed by atoms with E-state index in [-0.39, 0.29) is 11.6 Å². The van der Waals surface area contributed by atoms with E-state index in [1.54, 1.807) is 37.4 Å². The van der Waals surface area contributed by atoms with E-state index in [1.165, 1.54) is 33.7 Å². The number of rotatable bonds is 6. The quantitative estimate of drug-likeness (QED) is 0.451. The van der Waals surface area contributed by atoms with Gasteiger partial charge in [0.05, 0.1) is 29.8 Å². The molecule has 3 rings (SSSR count). The summed E-state index contributed by atoms with van der Waals surface area (Å²) >= 11 is 7.14. The number of anilines is 1. The number of hydrogen-bond acceptors (Lipinski definition) is 8. The molecule has 0 spiro atoms. The van der Waals surface area contributed by atoms with Crippen molar-refractivity contribution in [3.05, 3.63) is 64.7 Å². The summed E-state index contributed by atoms with van der Waals surface area (Å²) in [5.74, 6) is 0.549. The van der Waals surface area contributed by atoms with E-state index >= 15 is 4.39 Å². The monoisotopic (exact) mass is 490 g/mol. The number of methoxy groups -OCH3 is 2.